The molecule has 1 aromatic carbocycles. The first kappa shape index (κ1) is 16.9. The fourth-order valence-corrected chi connectivity index (χ4v) is 2.92. The maximum Gasteiger partial charge on any atom is 0.325 e. The first-order chi connectivity index (χ1) is 12.0. The molecule has 8 heteroatoms. The van der Waals surface area contributed by atoms with E-state index in [1.165, 1.54) is 10.5 Å². The van der Waals surface area contributed by atoms with E-state index in [1.54, 1.807) is 13.3 Å². The third-order valence-corrected chi connectivity index (χ3v) is 4.28. The van der Waals surface area contributed by atoms with Crippen LogP contribution in [0.1, 0.15) is 24.5 Å². The van der Waals surface area contributed by atoms with Crippen LogP contribution < -0.4 is 10.7 Å². The number of aryl methyl sites for hydroxylation is 1. The molecule has 3 amide bonds. The lowest BCUT2D eigenvalue weighted by atomic mass is 10.1. The molecule has 2 N–H and O–H groups in total. The zero-order chi connectivity index (χ0) is 18.0. The average Bonchev–Trinajstić information content (AvgIpc) is 2.94. The van der Waals surface area contributed by atoms with Gasteiger partial charge in [0, 0.05) is 13.6 Å². The number of urea groups is 1. The maximum atomic E-state index is 12.2. The molecule has 2 aliphatic heterocycles. The second-order valence-electron chi connectivity index (χ2n) is 6.19. The van der Waals surface area contributed by atoms with Crippen LogP contribution in [0.3, 0.4) is 0 Å². The lowest BCUT2D eigenvalue weighted by Gasteiger charge is -2.35. The lowest BCUT2D eigenvalue weighted by Crippen LogP contribution is -2.64. The molecule has 0 aromatic heterocycles. The monoisotopic (exact) mass is 342 g/mol. The number of likely N-dealkylation sites (N-methyl/N-ethyl adjacent to an activating group) is 1. The number of hydrazone groups is 1. The van der Waals surface area contributed by atoms with Crippen molar-refractivity contribution in [1.82, 2.24) is 20.5 Å². The summed E-state index contributed by atoms with van der Waals surface area (Å²) >= 11 is 0. The van der Waals surface area contributed by atoms with Crippen molar-refractivity contribution in [3.63, 3.8) is 0 Å². The Bertz CT molecular complexity index is 727. The van der Waals surface area contributed by atoms with Gasteiger partial charge >= 0.3 is 6.03 Å². The van der Waals surface area contributed by atoms with Gasteiger partial charge in [0.15, 0.2) is 12.2 Å². The van der Waals surface area contributed by atoms with Gasteiger partial charge in [0.1, 0.15) is 0 Å². The molecule has 2 aliphatic rings. The Hall–Kier alpha value is -2.90. The SMILES string of the molecule is CCCN1C(N/N=C/c2ccc(C)cc2)=NC2C1C(=O)NC(=O)N2C. The number of nitrogens with one attached hydrogen (secondary N) is 2. The quantitative estimate of drug-likeness (QED) is 0.628. The third kappa shape index (κ3) is 3.33. The van der Waals surface area contributed by atoms with E-state index in [-0.39, 0.29) is 5.91 Å². The summed E-state index contributed by atoms with van der Waals surface area (Å²) in [6, 6.07) is 7.01. The first-order valence-corrected chi connectivity index (χ1v) is 8.29. The molecule has 2 unspecified atom stereocenters. The van der Waals surface area contributed by atoms with E-state index >= 15 is 0 Å². The van der Waals surface area contributed by atoms with Gasteiger partial charge in [0.2, 0.25) is 5.96 Å². The van der Waals surface area contributed by atoms with Crippen LogP contribution in [0.4, 0.5) is 4.79 Å². The summed E-state index contributed by atoms with van der Waals surface area (Å²) in [5, 5.41) is 6.59. The Morgan fingerprint density at radius 2 is 2.04 bits per heavy atom. The van der Waals surface area contributed by atoms with Gasteiger partial charge < -0.3 is 9.80 Å². The topological polar surface area (TPSA) is 89.4 Å². The second kappa shape index (κ2) is 6.92. The molecule has 0 saturated carbocycles. The van der Waals surface area contributed by atoms with Crippen LogP contribution in [-0.4, -0.2) is 59.7 Å². The van der Waals surface area contributed by atoms with Gasteiger partial charge in [-0.2, -0.15) is 5.10 Å². The smallest absolute Gasteiger partial charge is 0.325 e. The third-order valence-electron chi connectivity index (χ3n) is 4.28. The predicted octanol–water partition coefficient (Wildman–Crippen LogP) is 0.876. The number of carbonyl (C=O) groups excluding carboxylic acids is 2. The van der Waals surface area contributed by atoms with Gasteiger partial charge in [-0.15, -0.1) is 0 Å². The second-order valence-corrected chi connectivity index (χ2v) is 6.19. The van der Waals surface area contributed by atoms with Gasteiger partial charge in [-0.1, -0.05) is 36.8 Å². The molecule has 8 nitrogen and oxygen atoms in total. The number of guanidine groups is 1. The standard InChI is InChI=1S/C17H22N6O2/c1-4-9-23-13-14(22(3)17(25)20-15(13)24)19-16(23)21-18-10-12-7-5-11(2)6-8-12/h5-8,10,13-14H,4,9H2,1-3H3,(H,19,21)(H,20,24,25)/b18-10+. The molecule has 0 radical (unpaired) electrons. The van der Waals surface area contributed by atoms with Crippen LogP contribution >= 0.6 is 0 Å². The molecule has 132 valence electrons. The summed E-state index contributed by atoms with van der Waals surface area (Å²) in [5.41, 5.74) is 5.06. The van der Waals surface area contributed by atoms with Crippen molar-refractivity contribution in [2.24, 2.45) is 10.1 Å². The number of imide groups is 1. The molecule has 2 heterocycles. The zero-order valence-corrected chi connectivity index (χ0v) is 14.6. The van der Waals surface area contributed by atoms with Crippen LogP contribution in [0.5, 0.6) is 0 Å². The Morgan fingerprint density at radius 3 is 2.72 bits per heavy atom. The van der Waals surface area contributed by atoms with E-state index in [0.717, 1.165) is 12.0 Å². The minimum atomic E-state index is -0.537. The van der Waals surface area contributed by atoms with E-state index in [4.69, 9.17) is 0 Å². The molecule has 3 rings (SSSR count). The summed E-state index contributed by atoms with van der Waals surface area (Å²) in [4.78, 5) is 31.8. The highest BCUT2D eigenvalue weighted by atomic mass is 16.2. The summed E-state index contributed by atoms with van der Waals surface area (Å²) < 4.78 is 0. The van der Waals surface area contributed by atoms with Crippen LogP contribution in [0, 0.1) is 6.92 Å². The first-order valence-electron chi connectivity index (χ1n) is 8.29. The number of hydrogen-bond donors (Lipinski definition) is 2. The number of amides is 3. The highest BCUT2D eigenvalue weighted by molar-refractivity contribution is 6.03. The molecule has 1 saturated heterocycles. The highest BCUT2D eigenvalue weighted by Gasteiger charge is 2.48. The Kier molecular flexibility index (Phi) is 4.69. The van der Waals surface area contributed by atoms with Crippen LogP contribution in [0.2, 0.25) is 0 Å². The van der Waals surface area contributed by atoms with E-state index in [0.29, 0.717) is 12.5 Å². The summed E-state index contributed by atoms with van der Waals surface area (Å²) in [7, 11) is 1.63. The molecular formula is C17H22N6O2. The van der Waals surface area contributed by atoms with Gasteiger partial charge in [-0.25, -0.2) is 15.2 Å². The highest BCUT2D eigenvalue weighted by Crippen LogP contribution is 2.23. The maximum absolute atomic E-state index is 12.2. The molecule has 1 aromatic rings. The van der Waals surface area contributed by atoms with Gasteiger partial charge in [-0.3, -0.25) is 10.1 Å². The molecule has 25 heavy (non-hydrogen) atoms. The number of benzene rings is 1. The van der Waals surface area contributed by atoms with E-state index < -0.39 is 18.2 Å². The lowest BCUT2D eigenvalue weighted by molar-refractivity contribution is -0.127. The minimum Gasteiger partial charge on any atom is -0.326 e. The number of hydrogen-bond acceptors (Lipinski definition) is 6. The number of aliphatic imine (C=N–C) groups is 1. The largest absolute Gasteiger partial charge is 0.326 e. The molecule has 0 spiro atoms. The molecule has 2 atom stereocenters. The number of nitrogens with zero attached hydrogens (tertiary/aromatic N) is 4. The zero-order valence-electron chi connectivity index (χ0n) is 14.6. The minimum absolute atomic E-state index is 0.329. The Labute approximate surface area is 146 Å². The summed E-state index contributed by atoms with van der Waals surface area (Å²) in [6.07, 6.45) is 2.00. The Morgan fingerprint density at radius 1 is 1.32 bits per heavy atom. The van der Waals surface area contributed by atoms with Crippen LogP contribution in [0.25, 0.3) is 0 Å². The molecule has 0 bridgehead atoms. The summed E-state index contributed by atoms with van der Waals surface area (Å²) in [6.45, 7) is 4.69. The van der Waals surface area contributed by atoms with E-state index in [2.05, 4.69) is 20.8 Å². The van der Waals surface area contributed by atoms with E-state index in [1.807, 2.05) is 43.0 Å². The van der Waals surface area contributed by atoms with Crippen molar-refractivity contribution in [2.45, 2.75) is 32.5 Å². The number of carbonyl (C=O) groups is 2. The van der Waals surface area contributed by atoms with E-state index in [9.17, 15) is 9.59 Å². The van der Waals surface area contributed by atoms with Gasteiger partial charge in [-0.05, 0) is 18.9 Å². The van der Waals surface area contributed by atoms with Gasteiger partial charge in [0.25, 0.3) is 5.91 Å². The van der Waals surface area contributed by atoms with Crippen LogP contribution in [-0.2, 0) is 4.79 Å². The molecular weight excluding hydrogens is 320 g/mol. The predicted molar refractivity (Wildman–Crippen MR) is 95.2 cm³/mol. The molecule has 1 fully saturated rings. The fraction of sp³-hybridized carbons (Fsp3) is 0.412. The fourth-order valence-electron chi connectivity index (χ4n) is 2.92. The summed E-state index contributed by atoms with van der Waals surface area (Å²) in [5.74, 6) is 0.168. The van der Waals surface area contributed by atoms with Crippen molar-refractivity contribution < 1.29 is 9.59 Å². The van der Waals surface area contributed by atoms with Crippen LogP contribution in [0.15, 0.2) is 34.4 Å². The van der Waals surface area contributed by atoms with Crippen molar-refractivity contribution in [1.29, 1.82) is 0 Å². The van der Waals surface area contributed by atoms with Crippen molar-refractivity contribution in [3.8, 4) is 0 Å². The Balaban J connectivity index is 1.77. The number of fused-ring (bicyclic) bond motifs is 1. The normalized spacial score (nSPS) is 22.9. The van der Waals surface area contributed by atoms with Crippen molar-refractivity contribution in [2.75, 3.05) is 13.6 Å². The van der Waals surface area contributed by atoms with Gasteiger partial charge in [0.05, 0.1) is 6.21 Å². The number of rotatable bonds is 4. The average molecular weight is 342 g/mol. The molecule has 0 aliphatic carbocycles. The van der Waals surface area contributed by atoms with Crippen molar-refractivity contribution >= 4 is 24.1 Å². The van der Waals surface area contributed by atoms with Crippen molar-refractivity contribution in [3.05, 3.63) is 35.4 Å².